The second-order valence-electron chi connectivity index (χ2n) is 6.58. The molecule has 0 aliphatic rings. The van der Waals surface area contributed by atoms with Gasteiger partial charge in [-0.3, -0.25) is 4.79 Å². The van der Waals surface area contributed by atoms with Crippen molar-refractivity contribution in [3.05, 3.63) is 95.6 Å². The average molecular weight is 440 g/mol. The van der Waals surface area contributed by atoms with Crippen LogP contribution >= 0.6 is 0 Å². The quantitative estimate of drug-likeness (QED) is 0.458. The maximum absolute atomic E-state index is 13.3. The Kier molecular flexibility index (Phi) is 7.11. The van der Waals surface area contributed by atoms with E-state index >= 15 is 0 Å². The van der Waals surface area contributed by atoms with Crippen molar-refractivity contribution in [3.63, 3.8) is 0 Å². The minimum atomic E-state index is -1.20. The number of aromatic nitrogens is 6. The molecule has 2 aromatic heterocycles. The fraction of sp³-hybridized carbons (Fsp3) is 0.143. The third-order valence-electron chi connectivity index (χ3n) is 4.16. The number of carbonyl (C=O) groups excluding carboxylic acids is 1. The van der Waals surface area contributed by atoms with Gasteiger partial charge in [-0.2, -0.15) is 0 Å². The standard InChI is InChI=1S/C11H10FN3O.C10H8FN3O2/c1-8(16)11-13-7-15(14-11)6-9-4-2-3-5-10(9)12;11-8-4-2-1-3-7(8)5-14-6-12-9(13-14)10(15)16/h2-5,7H,6H2,1H3;1-4,6H,5H2,(H,15,16). The molecule has 9 nitrogen and oxygen atoms in total. The lowest BCUT2D eigenvalue weighted by molar-refractivity contribution is 0.0683. The first-order chi connectivity index (χ1) is 15.3. The number of rotatable bonds is 6. The third-order valence-corrected chi connectivity index (χ3v) is 4.16. The molecule has 2 heterocycles. The number of carbonyl (C=O) groups is 2. The molecule has 1 N–H and O–H groups in total. The van der Waals surface area contributed by atoms with Gasteiger partial charge in [0.1, 0.15) is 24.3 Å². The van der Waals surface area contributed by atoms with Crippen LogP contribution in [0.2, 0.25) is 0 Å². The number of nitrogens with zero attached hydrogens (tertiary/aromatic N) is 6. The van der Waals surface area contributed by atoms with Crippen molar-refractivity contribution in [3.8, 4) is 0 Å². The summed E-state index contributed by atoms with van der Waals surface area (Å²) < 4.78 is 29.3. The van der Waals surface area contributed by atoms with Crippen LogP contribution in [-0.2, 0) is 13.1 Å². The van der Waals surface area contributed by atoms with Gasteiger partial charge in [-0.05, 0) is 12.1 Å². The largest absolute Gasteiger partial charge is 0.475 e. The molecule has 0 saturated heterocycles. The number of carboxylic acids is 1. The summed E-state index contributed by atoms with van der Waals surface area (Å²) in [5.41, 5.74) is 0.951. The molecule has 0 atom stereocenters. The van der Waals surface area contributed by atoms with Gasteiger partial charge in [0.25, 0.3) is 5.82 Å². The highest BCUT2D eigenvalue weighted by atomic mass is 19.1. The summed E-state index contributed by atoms with van der Waals surface area (Å²) in [7, 11) is 0. The maximum Gasteiger partial charge on any atom is 0.375 e. The Morgan fingerprint density at radius 2 is 1.25 bits per heavy atom. The molecule has 0 aliphatic heterocycles. The molecule has 0 spiro atoms. The van der Waals surface area contributed by atoms with Crippen molar-refractivity contribution < 1.29 is 23.5 Å². The summed E-state index contributed by atoms with van der Waals surface area (Å²) in [5, 5.41) is 16.2. The van der Waals surface area contributed by atoms with E-state index in [0.29, 0.717) is 11.1 Å². The van der Waals surface area contributed by atoms with Crippen molar-refractivity contribution in [2.75, 3.05) is 0 Å². The second-order valence-corrected chi connectivity index (χ2v) is 6.58. The van der Waals surface area contributed by atoms with E-state index in [-0.39, 0.29) is 42.2 Å². The molecule has 0 radical (unpaired) electrons. The molecule has 0 amide bonds. The number of halogens is 2. The molecule has 0 bridgehead atoms. The Morgan fingerprint density at radius 1 is 0.812 bits per heavy atom. The lowest BCUT2D eigenvalue weighted by Gasteiger charge is -2.01. The van der Waals surface area contributed by atoms with E-state index in [1.54, 1.807) is 36.4 Å². The van der Waals surface area contributed by atoms with Gasteiger partial charge in [0.05, 0.1) is 13.1 Å². The lowest BCUT2D eigenvalue weighted by atomic mass is 10.2. The molecule has 11 heteroatoms. The lowest BCUT2D eigenvalue weighted by Crippen LogP contribution is -2.05. The summed E-state index contributed by atoms with van der Waals surface area (Å²) in [4.78, 5) is 28.9. The Labute approximate surface area is 181 Å². The second kappa shape index (κ2) is 10.2. The predicted octanol–water partition coefficient (Wildman–Crippen LogP) is 2.83. The maximum atomic E-state index is 13.3. The van der Waals surface area contributed by atoms with Gasteiger partial charge in [0, 0.05) is 18.1 Å². The molecule has 0 aliphatic carbocycles. The van der Waals surface area contributed by atoms with E-state index in [0.717, 1.165) is 0 Å². The Hall–Kier alpha value is -4.28. The predicted molar refractivity (Wildman–Crippen MR) is 108 cm³/mol. The topological polar surface area (TPSA) is 116 Å². The van der Waals surface area contributed by atoms with E-state index in [1.807, 2.05) is 0 Å². The van der Waals surface area contributed by atoms with E-state index < -0.39 is 5.97 Å². The van der Waals surface area contributed by atoms with Crippen LogP contribution in [0.25, 0.3) is 0 Å². The number of hydrogen-bond acceptors (Lipinski definition) is 6. The number of Topliss-reactive ketones (excluding diaryl/α,β-unsaturated/α-hetero) is 1. The fourth-order valence-corrected chi connectivity index (χ4v) is 2.60. The number of hydrogen-bond donors (Lipinski definition) is 1. The zero-order valence-corrected chi connectivity index (χ0v) is 16.9. The number of benzene rings is 2. The number of aromatic carboxylic acids is 1. The SMILES string of the molecule is CC(=O)c1ncn(Cc2ccccc2F)n1.O=C(O)c1ncn(Cc2ccccc2F)n1. The number of ketones is 1. The monoisotopic (exact) mass is 440 g/mol. The van der Waals surface area contributed by atoms with Gasteiger partial charge in [-0.25, -0.2) is 32.9 Å². The van der Waals surface area contributed by atoms with Crippen LogP contribution in [0.3, 0.4) is 0 Å². The van der Waals surface area contributed by atoms with Crippen LogP contribution < -0.4 is 0 Å². The van der Waals surface area contributed by atoms with Gasteiger partial charge in [0.15, 0.2) is 5.78 Å². The Balaban J connectivity index is 0.000000181. The first-order valence-corrected chi connectivity index (χ1v) is 9.33. The van der Waals surface area contributed by atoms with Crippen LogP contribution in [0.4, 0.5) is 8.78 Å². The molecular formula is C21H18F2N6O3. The zero-order valence-electron chi connectivity index (χ0n) is 16.9. The normalized spacial score (nSPS) is 10.3. The highest BCUT2D eigenvalue weighted by Gasteiger charge is 2.10. The molecular weight excluding hydrogens is 422 g/mol. The highest BCUT2D eigenvalue weighted by molar-refractivity contribution is 5.89. The van der Waals surface area contributed by atoms with Gasteiger partial charge in [-0.15, -0.1) is 10.2 Å². The Bertz CT molecular complexity index is 1140. The van der Waals surface area contributed by atoms with E-state index in [2.05, 4.69) is 20.2 Å². The highest BCUT2D eigenvalue weighted by Crippen LogP contribution is 2.08. The van der Waals surface area contributed by atoms with Crippen molar-refractivity contribution in [1.29, 1.82) is 0 Å². The van der Waals surface area contributed by atoms with Crippen LogP contribution in [-0.4, -0.2) is 46.4 Å². The van der Waals surface area contributed by atoms with Crippen LogP contribution in [0, 0.1) is 11.6 Å². The van der Waals surface area contributed by atoms with Crippen LogP contribution in [0.5, 0.6) is 0 Å². The van der Waals surface area contributed by atoms with Crippen LogP contribution in [0.15, 0.2) is 61.2 Å². The Morgan fingerprint density at radius 3 is 1.62 bits per heavy atom. The van der Waals surface area contributed by atoms with Crippen molar-refractivity contribution >= 4 is 11.8 Å². The first-order valence-electron chi connectivity index (χ1n) is 9.33. The fourth-order valence-electron chi connectivity index (χ4n) is 2.60. The van der Waals surface area contributed by atoms with Gasteiger partial charge in [0.2, 0.25) is 5.82 Å². The third kappa shape index (κ3) is 5.88. The first kappa shape index (κ1) is 22.4. The zero-order chi connectivity index (χ0) is 23.1. The minimum Gasteiger partial charge on any atom is -0.475 e. The van der Waals surface area contributed by atoms with Crippen molar-refractivity contribution in [2.24, 2.45) is 0 Å². The van der Waals surface area contributed by atoms with E-state index in [1.165, 1.54) is 41.1 Å². The number of carboxylic acid groups (broad SMARTS) is 1. The van der Waals surface area contributed by atoms with Gasteiger partial charge in [-0.1, -0.05) is 36.4 Å². The molecule has 32 heavy (non-hydrogen) atoms. The summed E-state index contributed by atoms with van der Waals surface area (Å²) in [5.74, 6) is -2.19. The summed E-state index contributed by atoms with van der Waals surface area (Å²) in [6.07, 6.45) is 2.68. The van der Waals surface area contributed by atoms with Crippen molar-refractivity contribution in [2.45, 2.75) is 20.0 Å². The average Bonchev–Trinajstić information content (AvgIpc) is 3.42. The molecule has 0 saturated carbocycles. The van der Waals surface area contributed by atoms with Gasteiger partial charge >= 0.3 is 5.97 Å². The summed E-state index contributed by atoms with van der Waals surface area (Å²) in [6, 6.07) is 12.7. The van der Waals surface area contributed by atoms with Crippen LogP contribution in [0.1, 0.15) is 39.3 Å². The van der Waals surface area contributed by atoms with E-state index in [4.69, 9.17) is 5.11 Å². The molecule has 2 aromatic carbocycles. The molecule has 0 fully saturated rings. The summed E-state index contributed by atoms with van der Waals surface area (Å²) in [6.45, 7) is 1.82. The molecule has 4 rings (SSSR count). The molecule has 164 valence electrons. The smallest absolute Gasteiger partial charge is 0.375 e. The van der Waals surface area contributed by atoms with Gasteiger partial charge < -0.3 is 5.11 Å². The van der Waals surface area contributed by atoms with E-state index in [9.17, 15) is 18.4 Å². The van der Waals surface area contributed by atoms with Crippen molar-refractivity contribution in [1.82, 2.24) is 29.5 Å². The minimum absolute atomic E-state index is 0.149. The molecule has 4 aromatic rings. The molecule has 0 unspecified atom stereocenters. The summed E-state index contributed by atoms with van der Waals surface area (Å²) >= 11 is 0.